The number of sulfonamides is 1. The first kappa shape index (κ1) is 35.6. The molecule has 2 aromatic carbocycles. The number of ether oxygens (including phenoxy) is 2. The second-order valence-electron chi connectivity index (χ2n) is 11.8. The molecule has 3 rings (SSSR count). The summed E-state index contributed by atoms with van der Waals surface area (Å²) >= 11 is 0. The van der Waals surface area contributed by atoms with E-state index in [2.05, 4.69) is 4.72 Å². The quantitative estimate of drug-likeness (QED) is 0.417. The van der Waals surface area contributed by atoms with Crippen LogP contribution in [0.25, 0.3) is 0 Å². The number of carbonyl (C=O) groups excluding carboxylic acids is 1. The lowest BCUT2D eigenvalue weighted by atomic mass is 10.0. The first-order valence-electron chi connectivity index (χ1n) is 14.7. The molecule has 44 heavy (non-hydrogen) atoms. The van der Waals surface area contributed by atoms with E-state index in [1.165, 1.54) is 18.2 Å². The highest BCUT2D eigenvalue weighted by Crippen LogP contribution is 2.30. The maximum Gasteiger partial charge on any atom is 0.416 e. The van der Waals surface area contributed by atoms with Crippen molar-refractivity contribution in [2.75, 3.05) is 44.3 Å². The molecule has 9 nitrogen and oxygen atoms in total. The van der Waals surface area contributed by atoms with Gasteiger partial charge in [0.2, 0.25) is 10.0 Å². The molecule has 0 aliphatic carbocycles. The number of benzene rings is 2. The summed E-state index contributed by atoms with van der Waals surface area (Å²) in [7, 11) is -1.74. The van der Waals surface area contributed by atoms with Crippen LogP contribution >= 0.6 is 0 Å². The van der Waals surface area contributed by atoms with Crippen LogP contribution in [0, 0.1) is 5.92 Å². The van der Waals surface area contributed by atoms with E-state index in [-0.39, 0.29) is 42.5 Å². The van der Waals surface area contributed by atoms with Gasteiger partial charge in [-0.25, -0.2) is 8.42 Å². The Bertz CT molecular complexity index is 1340. The summed E-state index contributed by atoms with van der Waals surface area (Å²) in [5, 5.41) is 10.1. The number of aliphatic hydroxyl groups is 1. The number of halogens is 3. The Labute approximate surface area is 258 Å². The largest absolute Gasteiger partial charge is 0.490 e. The molecule has 1 heterocycles. The average molecular weight is 644 g/mol. The molecule has 0 saturated carbocycles. The van der Waals surface area contributed by atoms with Gasteiger partial charge in [-0.05, 0) is 76.1 Å². The number of anilines is 1. The highest BCUT2D eigenvalue weighted by atomic mass is 32.2. The molecule has 0 spiro atoms. The van der Waals surface area contributed by atoms with Crippen LogP contribution in [-0.4, -0.2) is 87.1 Å². The van der Waals surface area contributed by atoms with Crippen molar-refractivity contribution in [2.45, 2.75) is 71.0 Å². The van der Waals surface area contributed by atoms with Crippen molar-refractivity contribution in [3.8, 4) is 5.75 Å². The minimum absolute atomic E-state index is 0.173. The highest BCUT2D eigenvalue weighted by Gasteiger charge is 2.31. The Kier molecular flexibility index (Phi) is 12.5. The maximum absolute atomic E-state index is 14.1. The van der Waals surface area contributed by atoms with Crippen molar-refractivity contribution in [1.82, 2.24) is 9.80 Å². The van der Waals surface area contributed by atoms with Crippen LogP contribution < -0.4 is 9.46 Å². The lowest BCUT2D eigenvalue weighted by molar-refractivity contribution is -0.137. The minimum Gasteiger partial charge on any atom is -0.490 e. The lowest BCUT2D eigenvalue weighted by Gasteiger charge is -2.36. The topological polar surface area (TPSA) is 108 Å². The molecule has 0 aromatic heterocycles. The van der Waals surface area contributed by atoms with E-state index in [1.54, 1.807) is 24.0 Å². The molecule has 2 aromatic rings. The summed E-state index contributed by atoms with van der Waals surface area (Å²) < 4.78 is 77.7. The molecule has 0 fully saturated rings. The van der Waals surface area contributed by atoms with Crippen LogP contribution in [-0.2, 0) is 27.5 Å². The second-order valence-corrected chi connectivity index (χ2v) is 13.5. The zero-order valence-electron chi connectivity index (χ0n) is 25.9. The summed E-state index contributed by atoms with van der Waals surface area (Å²) in [4.78, 5) is 17.6. The first-order valence-corrected chi connectivity index (χ1v) is 16.6. The number of likely N-dealkylation sites (N-methyl/N-ethyl adjacent to an activating group) is 1. The third-order valence-electron chi connectivity index (χ3n) is 7.58. The molecule has 1 aliphatic rings. The molecular weight excluding hydrogens is 599 g/mol. The van der Waals surface area contributed by atoms with Crippen LogP contribution in [0.15, 0.2) is 42.5 Å². The fourth-order valence-electron chi connectivity index (χ4n) is 5.15. The number of rotatable bonds is 8. The molecular formula is C31H44F3N3O6S. The van der Waals surface area contributed by atoms with Gasteiger partial charge in [0.15, 0.2) is 0 Å². The number of hydrogen-bond acceptors (Lipinski definition) is 7. The van der Waals surface area contributed by atoms with E-state index in [1.807, 2.05) is 25.8 Å². The second kappa shape index (κ2) is 15.4. The average Bonchev–Trinajstić information content (AvgIpc) is 2.93. The molecule has 2 N–H and O–H groups in total. The summed E-state index contributed by atoms with van der Waals surface area (Å²) in [5.41, 5.74) is 0.415. The number of fused-ring (bicyclic) bond motifs is 1. The third-order valence-corrected chi connectivity index (χ3v) is 8.19. The van der Waals surface area contributed by atoms with Gasteiger partial charge in [0.25, 0.3) is 5.91 Å². The van der Waals surface area contributed by atoms with E-state index >= 15 is 0 Å². The summed E-state index contributed by atoms with van der Waals surface area (Å²) in [6.07, 6.45) is -1.64. The number of amides is 1. The maximum atomic E-state index is 14.1. The predicted molar refractivity (Wildman–Crippen MR) is 163 cm³/mol. The van der Waals surface area contributed by atoms with Crippen molar-refractivity contribution >= 4 is 21.6 Å². The van der Waals surface area contributed by atoms with Gasteiger partial charge < -0.3 is 19.5 Å². The smallest absolute Gasteiger partial charge is 0.416 e. The molecule has 0 saturated heterocycles. The van der Waals surface area contributed by atoms with E-state index in [9.17, 15) is 31.5 Å². The molecule has 0 bridgehead atoms. The Hall–Kier alpha value is -2.87. The number of alkyl halides is 3. The van der Waals surface area contributed by atoms with Crippen molar-refractivity contribution in [2.24, 2.45) is 5.92 Å². The van der Waals surface area contributed by atoms with Crippen molar-refractivity contribution in [1.29, 1.82) is 0 Å². The van der Waals surface area contributed by atoms with Gasteiger partial charge in [-0.1, -0.05) is 19.1 Å². The standard InChI is InChI=1S/C31H44F3N3O6S/c1-21-17-37(22(2)20-38)30(39)27-16-26(35-44(5,40)41)13-14-28(27)43-23(3)8-6-7-15-42-29(21)19-36(4)18-24-9-11-25(12-10-24)31(32,33)34/h9-14,16,21-23,29,35,38H,6-8,15,17-20H2,1-5H3/t21-,22-,23+,29+/m0/s1. The number of nitrogens with one attached hydrogen (secondary N) is 1. The number of nitrogens with zero attached hydrogens (tertiary/aromatic N) is 2. The van der Waals surface area contributed by atoms with Crippen molar-refractivity contribution in [3.63, 3.8) is 0 Å². The number of carbonyl (C=O) groups is 1. The fraction of sp³-hybridized carbons (Fsp3) is 0.581. The third kappa shape index (κ3) is 10.6. The van der Waals surface area contributed by atoms with Gasteiger partial charge in [0.1, 0.15) is 5.75 Å². The highest BCUT2D eigenvalue weighted by molar-refractivity contribution is 7.92. The van der Waals surface area contributed by atoms with Crippen LogP contribution in [0.5, 0.6) is 5.75 Å². The van der Waals surface area contributed by atoms with Crippen molar-refractivity contribution < 1.29 is 41.0 Å². The van der Waals surface area contributed by atoms with Crippen LogP contribution in [0.4, 0.5) is 18.9 Å². The van der Waals surface area contributed by atoms with E-state index < -0.39 is 33.7 Å². The van der Waals surface area contributed by atoms with Gasteiger partial charge in [-0.2, -0.15) is 13.2 Å². The Balaban J connectivity index is 1.88. The molecule has 0 radical (unpaired) electrons. The zero-order valence-corrected chi connectivity index (χ0v) is 26.7. The van der Waals surface area contributed by atoms with Crippen molar-refractivity contribution in [3.05, 3.63) is 59.2 Å². The van der Waals surface area contributed by atoms with Gasteiger partial charge in [-0.15, -0.1) is 0 Å². The van der Waals surface area contributed by atoms with E-state index in [0.717, 1.165) is 36.8 Å². The SMILES string of the molecule is C[C@@H]1CCCCO[C@H](CN(C)Cc2ccc(C(F)(F)F)cc2)[C@@H](C)CN([C@@H](C)CO)C(=O)c2cc(NS(C)(=O)=O)ccc2O1. The molecule has 13 heteroatoms. The van der Waals surface area contributed by atoms with E-state index in [0.29, 0.717) is 31.9 Å². The monoisotopic (exact) mass is 643 g/mol. The molecule has 1 aliphatic heterocycles. The minimum atomic E-state index is -4.40. The summed E-state index contributed by atoms with van der Waals surface area (Å²) in [6.45, 7) is 6.84. The Morgan fingerprint density at radius 3 is 2.43 bits per heavy atom. The molecule has 4 atom stereocenters. The summed E-state index contributed by atoms with van der Waals surface area (Å²) in [6, 6.07) is 9.08. The van der Waals surface area contributed by atoms with Gasteiger partial charge in [0, 0.05) is 37.8 Å². The molecule has 1 amide bonds. The predicted octanol–water partition coefficient (Wildman–Crippen LogP) is 5.00. The van der Waals surface area contributed by atoms with Crippen LogP contribution in [0.2, 0.25) is 0 Å². The summed E-state index contributed by atoms with van der Waals surface area (Å²) in [5.74, 6) is -0.302. The first-order chi connectivity index (χ1) is 20.6. The fourth-order valence-corrected chi connectivity index (χ4v) is 5.70. The molecule has 246 valence electrons. The Morgan fingerprint density at radius 2 is 1.82 bits per heavy atom. The lowest BCUT2D eigenvalue weighted by Crippen LogP contribution is -2.47. The molecule has 0 unspecified atom stereocenters. The Morgan fingerprint density at radius 1 is 1.14 bits per heavy atom. The zero-order chi connectivity index (χ0) is 32.7. The van der Waals surface area contributed by atoms with Gasteiger partial charge in [0.05, 0.1) is 42.2 Å². The normalized spacial score (nSPS) is 21.7. The van der Waals surface area contributed by atoms with Crippen LogP contribution in [0.3, 0.4) is 0 Å². The number of hydrogen-bond donors (Lipinski definition) is 2. The van der Waals surface area contributed by atoms with E-state index in [4.69, 9.17) is 9.47 Å². The van der Waals surface area contributed by atoms with Gasteiger partial charge >= 0.3 is 6.18 Å². The van der Waals surface area contributed by atoms with Gasteiger partial charge in [-0.3, -0.25) is 14.4 Å². The number of aliphatic hydroxyl groups excluding tert-OH is 1. The van der Waals surface area contributed by atoms with Crippen LogP contribution in [0.1, 0.15) is 61.5 Å².